The van der Waals surface area contributed by atoms with Crippen molar-refractivity contribution in [1.29, 1.82) is 0 Å². The summed E-state index contributed by atoms with van der Waals surface area (Å²) >= 11 is 0. The van der Waals surface area contributed by atoms with E-state index in [-0.39, 0.29) is 0 Å². The zero-order chi connectivity index (χ0) is 9.78. The molecule has 0 aromatic carbocycles. The predicted molar refractivity (Wildman–Crippen MR) is 41.6 cm³/mol. The zero-order valence-electron chi connectivity index (χ0n) is 6.52. The number of halogens is 3. The maximum absolute atomic E-state index is 11.7. The van der Waals surface area contributed by atoms with Gasteiger partial charge in [-0.25, -0.2) is 0 Å². The van der Waals surface area contributed by atoms with E-state index < -0.39 is 11.9 Å². The quantitative estimate of drug-likeness (QED) is 0.645. The Balaban J connectivity index is 4.29. The molecule has 0 unspecified atom stereocenters. The highest BCUT2D eigenvalue weighted by Crippen LogP contribution is 2.24. The second-order valence-electron chi connectivity index (χ2n) is 2.11. The zero-order valence-corrected chi connectivity index (χ0v) is 6.52. The number of nitrogens with two attached hydrogens (primary N) is 1. The smallest absolute Gasteiger partial charge is 0.404 e. The summed E-state index contributed by atoms with van der Waals surface area (Å²) in [4.78, 5) is 3.07. The molecule has 12 heavy (non-hydrogen) atoms. The van der Waals surface area contributed by atoms with E-state index in [0.717, 1.165) is 12.4 Å². The van der Waals surface area contributed by atoms with Crippen LogP contribution in [0.5, 0.6) is 0 Å². The number of alkyl halides is 3. The fourth-order valence-corrected chi connectivity index (χ4v) is 0.296. The monoisotopic (exact) mass is 178 g/mol. The highest BCUT2D eigenvalue weighted by molar-refractivity contribution is 5.78. The van der Waals surface area contributed by atoms with Gasteiger partial charge in [0.1, 0.15) is 5.70 Å². The van der Waals surface area contributed by atoms with E-state index in [4.69, 9.17) is 5.73 Å². The number of allylic oxidation sites excluding steroid dienone is 2. The van der Waals surface area contributed by atoms with Gasteiger partial charge in [0.05, 0.1) is 0 Å². The van der Waals surface area contributed by atoms with Crippen LogP contribution in [0.25, 0.3) is 0 Å². The highest BCUT2D eigenvalue weighted by Gasteiger charge is 2.31. The molecule has 5 heteroatoms. The summed E-state index contributed by atoms with van der Waals surface area (Å²) in [5.74, 6) is 0. The summed E-state index contributed by atoms with van der Waals surface area (Å²) in [6, 6.07) is 0. The molecule has 0 aromatic rings. The van der Waals surface area contributed by atoms with E-state index >= 15 is 0 Å². The Morgan fingerprint density at radius 3 is 2.33 bits per heavy atom. The summed E-state index contributed by atoms with van der Waals surface area (Å²) in [6.07, 6.45) is -2.30. The van der Waals surface area contributed by atoms with Crippen LogP contribution >= 0.6 is 0 Å². The van der Waals surface area contributed by atoms with Gasteiger partial charge in [0, 0.05) is 6.21 Å². The third-order valence-corrected chi connectivity index (χ3v) is 1.01. The van der Waals surface area contributed by atoms with E-state index in [1.807, 2.05) is 0 Å². The first-order valence-corrected chi connectivity index (χ1v) is 3.06. The number of aliphatic imine (C=N–C) groups is 1. The summed E-state index contributed by atoms with van der Waals surface area (Å²) in [5, 5.41) is 0. The molecular weight excluding hydrogens is 169 g/mol. The van der Waals surface area contributed by atoms with Crippen molar-refractivity contribution in [2.75, 3.05) is 0 Å². The summed E-state index contributed by atoms with van der Waals surface area (Å²) < 4.78 is 35.2. The van der Waals surface area contributed by atoms with Crippen molar-refractivity contribution in [3.8, 4) is 0 Å². The molecule has 2 N–H and O–H groups in total. The molecule has 0 rings (SSSR count). The van der Waals surface area contributed by atoms with Crippen LogP contribution in [-0.4, -0.2) is 12.4 Å². The maximum atomic E-state index is 11.7. The molecule has 68 valence electrons. The highest BCUT2D eigenvalue weighted by atomic mass is 19.4. The van der Waals surface area contributed by atoms with Crippen LogP contribution < -0.4 is 5.73 Å². The molecule has 0 saturated heterocycles. The van der Waals surface area contributed by atoms with Crippen molar-refractivity contribution in [2.45, 2.75) is 13.1 Å². The molecule has 0 saturated carbocycles. The van der Waals surface area contributed by atoms with Crippen LogP contribution in [0.3, 0.4) is 0 Å². The van der Waals surface area contributed by atoms with E-state index in [2.05, 4.69) is 11.6 Å². The lowest BCUT2D eigenvalue weighted by Gasteiger charge is -2.03. The van der Waals surface area contributed by atoms with E-state index in [1.54, 1.807) is 0 Å². The molecule has 0 amide bonds. The Hall–Kier alpha value is -1.26. The Bertz CT molecular complexity index is 225. The second-order valence-corrected chi connectivity index (χ2v) is 2.11. The molecule has 0 fully saturated rings. The first kappa shape index (κ1) is 10.7. The van der Waals surface area contributed by atoms with Crippen LogP contribution in [0.1, 0.15) is 6.92 Å². The third kappa shape index (κ3) is 3.80. The number of hydrogen-bond donors (Lipinski definition) is 1. The van der Waals surface area contributed by atoms with Crippen LogP contribution in [0.2, 0.25) is 0 Å². The Morgan fingerprint density at radius 1 is 1.50 bits per heavy atom. The normalized spacial score (nSPS) is 13.8. The molecule has 0 heterocycles. The largest absolute Gasteiger partial charge is 0.432 e. The lowest BCUT2D eigenvalue weighted by molar-refractivity contribution is -0.0918. The topological polar surface area (TPSA) is 38.4 Å². The van der Waals surface area contributed by atoms with Gasteiger partial charge in [-0.2, -0.15) is 13.2 Å². The van der Waals surface area contributed by atoms with Crippen molar-refractivity contribution >= 4 is 6.21 Å². The van der Waals surface area contributed by atoms with Gasteiger partial charge in [-0.05, 0) is 18.7 Å². The van der Waals surface area contributed by atoms with Gasteiger partial charge in [-0.15, -0.1) is 0 Å². The van der Waals surface area contributed by atoms with Crippen LogP contribution in [0.4, 0.5) is 13.2 Å². The summed E-state index contributed by atoms with van der Waals surface area (Å²) in [5.41, 5.74) is 4.31. The first-order valence-electron chi connectivity index (χ1n) is 3.06. The van der Waals surface area contributed by atoms with Crippen molar-refractivity contribution < 1.29 is 13.2 Å². The van der Waals surface area contributed by atoms with Crippen LogP contribution in [0.15, 0.2) is 29.0 Å². The third-order valence-electron chi connectivity index (χ3n) is 1.01. The minimum absolute atomic E-state index is 0.445. The van der Waals surface area contributed by atoms with E-state index in [9.17, 15) is 13.2 Å². The lowest BCUT2D eigenvalue weighted by atomic mass is 10.3. The Labute approximate surface area is 68.3 Å². The maximum Gasteiger partial charge on any atom is 0.432 e. The average Bonchev–Trinajstić information content (AvgIpc) is 1.97. The molecule has 0 bridgehead atoms. The van der Waals surface area contributed by atoms with Gasteiger partial charge in [0.15, 0.2) is 0 Å². The van der Waals surface area contributed by atoms with Crippen LogP contribution in [-0.2, 0) is 0 Å². The number of hydrogen-bond acceptors (Lipinski definition) is 2. The molecule has 0 aromatic heterocycles. The number of rotatable bonds is 2. The van der Waals surface area contributed by atoms with E-state index in [0.29, 0.717) is 5.57 Å². The Morgan fingerprint density at radius 2 is 2.00 bits per heavy atom. The molecule has 2 nitrogen and oxygen atoms in total. The lowest BCUT2D eigenvalue weighted by Crippen LogP contribution is -2.08. The SMILES string of the molecule is C=C(/N=C\C(C)=C/N)C(F)(F)F. The minimum Gasteiger partial charge on any atom is -0.404 e. The second kappa shape index (κ2) is 3.94. The van der Waals surface area contributed by atoms with Crippen LogP contribution in [0, 0.1) is 0 Å². The molecule has 0 spiro atoms. The average molecular weight is 178 g/mol. The van der Waals surface area contributed by atoms with Gasteiger partial charge < -0.3 is 5.73 Å². The van der Waals surface area contributed by atoms with E-state index in [1.165, 1.54) is 6.92 Å². The molecule has 0 radical (unpaired) electrons. The molecule has 0 aliphatic heterocycles. The summed E-state index contributed by atoms with van der Waals surface area (Å²) in [7, 11) is 0. The predicted octanol–water partition coefficient (Wildman–Crippen LogP) is 2.00. The van der Waals surface area contributed by atoms with Gasteiger partial charge >= 0.3 is 6.18 Å². The van der Waals surface area contributed by atoms with Gasteiger partial charge in [0.2, 0.25) is 0 Å². The fourth-order valence-electron chi connectivity index (χ4n) is 0.296. The number of nitrogens with zero attached hydrogens (tertiary/aromatic N) is 1. The molecule has 0 atom stereocenters. The Kier molecular flexibility index (Phi) is 3.53. The van der Waals surface area contributed by atoms with Crippen molar-refractivity contribution in [1.82, 2.24) is 0 Å². The minimum atomic E-state index is -4.47. The van der Waals surface area contributed by atoms with Gasteiger partial charge in [-0.1, -0.05) is 6.58 Å². The molecule has 0 aliphatic rings. The van der Waals surface area contributed by atoms with Gasteiger partial charge in [-0.3, -0.25) is 4.99 Å². The van der Waals surface area contributed by atoms with Crippen molar-refractivity contribution in [3.63, 3.8) is 0 Å². The summed E-state index contributed by atoms with van der Waals surface area (Å²) in [6.45, 7) is 4.28. The molecule has 0 aliphatic carbocycles. The molecular formula is C7H9F3N2. The van der Waals surface area contributed by atoms with Gasteiger partial charge in [0.25, 0.3) is 0 Å². The van der Waals surface area contributed by atoms with Crippen molar-refractivity contribution in [2.24, 2.45) is 10.7 Å². The van der Waals surface area contributed by atoms with Crippen molar-refractivity contribution in [3.05, 3.63) is 24.0 Å². The fraction of sp³-hybridized carbons (Fsp3) is 0.286. The first-order chi connectivity index (χ1) is 5.38. The standard InChI is InChI=1S/C7H9F3N2/c1-5(3-11)4-12-6(2)7(8,9)10/h3-4H,2,11H2,1H3/b5-3-,12-4-.